The Bertz CT molecular complexity index is 448. The number of aliphatic hydroxyl groups excluding tert-OH is 1. The number of aliphatic hydroxyl groups is 1. The molecule has 0 saturated carbocycles. The van der Waals surface area contributed by atoms with E-state index in [2.05, 4.69) is 10.2 Å². The number of amides is 1. The molecule has 1 atom stereocenters. The molecular formula is C16H24N2O2. The van der Waals surface area contributed by atoms with E-state index in [1.807, 2.05) is 31.2 Å². The highest BCUT2D eigenvalue weighted by Gasteiger charge is 2.22. The van der Waals surface area contributed by atoms with Crippen LogP contribution in [0.25, 0.3) is 0 Å². The Balaban J connectivity index is 1.70. The predicted octanol–water partition coefficient (Wildman–Crippen LogP) is 2.17. The van der Waals surface area contributed by atoms with Crippen LogP contribution in [-0.4, -0.2) is 41.7 Å². The van der Waals surface area contributed by atoms with Crippen LogP contribution in [-0.2, 0) is 4.79 Å². The van der Waals surface area contributed by atoms with Gasteiger partial charge in [-0.2, -0.15) is 0 Å². The molecule has 1 fully saturated rings. The average Bonchev–Trinajstić information content (AvgIpc) is 2.86. The lowest BCUT2D eigenvalue weighted by Crippen LogP contribution is -2.33. The number of likely N-dealkylation sites (tertiary alicyclic amines) is 1. The van der Waals surface area contributed by atoms with Gasteiger partial charge in [0.2, 0.25) is 5.91 Å². The lowest BCUT2D eigenvalue weighted by molar-refractivity contribution is -0.116. The fourth-order valence-corrected chi connectivity index (χ4v) is 2.79. The number of hydrogen-bond acceptors (Lipinski definition) is 3. The summed E-state index contributed by atoms with van der Waals surface area (Å²) in [4.78, 5) is 14.2. The van der Waals surface area contributed by atoms with Gasteiger partial charge < -0.3 is 10.4 Å². The Morgan fingerprint density at radius 3 is 3.10 bits per heavy atom. The van der Waals surface area contributed by atoms with Crippen molar-refractivity contribution in [2.24, 2.45) is 0 Å². The van der Waals surface area contributed by atoms with Crippen molar-refractivity contribution in [1.82, 2.24) is 4.90 Å². The maximum Gasteiger partial charge on any atom is 0.224 e. The Morgan fingerprint density at radius 2 is 2.35 bits per heavy atom. The van der Waals surface area contributed by atoms with E-state index in [1.165, 1.54) is 0 Å². The van der Waals surface area contributed by atoms with Crippen LogP contribution in [0.1, 0.15) is 31.2 Å². The summed E-state index contributed by atoms with van der Waals surface area (Å²) in [5.74, 6) is 0.0651. The fraction of sp³-hybridized carbons (Fsp3) is 0.562. The predicted molar refractivity (Wildman–Crippen MR) is 80.7 cm³/mol. The summed E-state index contributed by atoms with van der Waals surface area (Å²) in [6, 6.07) is 8.14. The van der Waals surface area contributed by atoms with Gasteiger partial charge in [0.05, 0.1) is 6.61 Å². The van der Waals surface area contributed by atoms with Gasteiger partial charge in [0.25, 0.3) is 0 Å². The topological polar surface area (TPSA) is 52.6 Å². The lowest BCUT2D eigenvalue weighted by Gasteiger charge is -2.22. The van der Waals surface area contributed by atoms with Crippen LogP contribution in [0.15, 0.2) is 24.3 Å². The zero-order valence-corrected chi connectivity index (χ0v) is 12.1. The zero-order valence-electron chi connectivity index (χ0n) is 12.1. The van der Waals surface area contributed by atoms with Crippen molar-refractivity contribution >= 4 is 11.6 Å². The van der Waals surface area contributed by atoms with Crippen molar-refractivity contribution < 1.29 is 9.90 Å². The van der Waals surface area contributed by atoms with Crippen LogP contribution in [0.2, 0.25) is 0 Å². The molecule has 1 amide bonds. The van der Waals surface area contributed by atoms with Crippen molar-refractivity contribution in [3.05, 3.63) is 29.8 Å². The van der Waals surface area contributed by atoms with E-state index in [-0.39, 0.29) is 12.5 Å². The highest BCUT2D eigenvalue weighted by atomic mass is 16.3. The SMILES string of the molecule is Cc1cccc(NC(=O)CCCN2CCC[C@@H]2CO)c1. The Labute approximate surface area is 120 Å². The summed E-state index contributed by atoms with van der Waals surface area (Å²) in [5.41, 5.74) is 2.01. The van der Waals surface area contributed by atoms with Crippen LogP contribution in [0.5, 0.6) is 0 Å². The molecule has 2 N–H and O–H groups in total. The highest BCUT2D eigenvalue weighted by molar-refractivity contribution is 5.90. The Kier molecular flexibility index (Phi) is 5.56. The third kappa shape index (κ3) is 4.32. The number of rotatable bonds is 6. The smallest absolute Gasteiger partial charge is 0.224 e. The quantitative estimate of drug-likeness (QED) is 0.837. The molecule has 4 heteroatoms. The third-order valence-electron chi connectivity index (χ3n) is 3.86. The summed E-state index contributed by atoms with van der Waals surface area (Å²) < 4.78 is 0. The number of anilines is 1. The number of carbonyl (C=O) groups is 1. The van der Waals surface area contributed by atoms with Gasteiger partial charge in [0.15, 0.2) is 0 Å². The Morgan fingerprint density at radius 1 is 1.50 bits per heavy atom. The molecule has 1 heterocycles. The Hall–Kier alpha value is -1.39. The van der Waals surface area contributed by atoms with Gasteiger partial charge in [-0.3, -0.25) is 9.69 Å². The maximum atomic E-state index is 11.9. The first-order valence-electron chi connectivity index (χ1n) is 7.40. The van der Waals surface area contributed by atoms with Crippen molar-refractivity contribution in [3.63, 3.8) is 0 Å². The third-order valence-corrected chi connectivity index (χ3v) is 3.86. The van der Waals surface area contributed by atoms with E-state index in [0.29, 0.717) is 12.5 Å². The zero-order chi connectivity index (χ0) is 14.4. The average molecular weight is 276 g/mol. The van der Waals surface area contributed by atoms with Gasteiger partial charge in [-0.15, -0.1) is 0 Å². The lowest BCUT2D eigenvalue weighted by atomic mass is 10.2. The molecule has 1 aliphatic heterocycles. The number of aryl methyl sites for hydroxylation is 1. The van der Waals surface area contributed by atoms with E-state index in [1.54, 1.807) is 0 Å². The van der Waals surface area contributed by atoms with Gasteiger partial charge in [-0.1, -0.05) is 12.1 Å². The highest BCUT2D eigenvalue weighted by Crippen LogP contribution is 2.17. The summed E-state index contributed by atoms with van der Waals surface area (Å²) in [6.07, 6.45) is 3.60. The van der Waals surface area contributed by atoms with Crippen molar-refractivity contribution in [3.8, 4) is 0 Å². The minimum atomic E-state index is 0.0651. The molecule has 0 aliphatic carbocycles. The van der Waals surface area contributed by atoms with Gasteiger partial charge in [-0.25, -0.2) is 0 Å². The largest absolute Gasteiger partial charge is 0.395 e. The van der Waals surface area contributed by atoms with Gasteiger partial charge in [-0.05, 0) is 57.0 Å². The fourth-order valence-electron chi connectivity index (χ4n) is 2.79. The molecule has 0 unspecified atom stereocenters. The number of nitrogens with one attached hydrogen (secondary N) is 1. The summed E-state index contributed by atoms with van der Waals surface area (Å²) in [7, 11) is 0. The van der Waals surface area contributed by atoms with Crippen LogP contribution < -0.4 is 5.32 Å². The van der Waals surface area contributed by atoms with E-state index < -0.39 is 0 Å². The van der Waals surface area contributed by atoms with E-state index in [9.17, 15) is 9.90 Å². The van der Waals surface area contributed by atoms with Crippen LogP contribution in [0.4, 0.5) is 5.69 Å². The molecule has 2 rings (SSSR count). The van der Waals surface area contributed by atoms with E-state index >= 15 is 0 Å². The van der Waals surface area contributed by atoms with Gasteiger partial charge in [0, 0.05) is 18.2 Å². The second kappa shape index (κ2) is 7.41. The first kappa shape index (κ1) is 15.0. The molecule has 1 aliphatic rings. The molecule has 110 valence electrons. The molecule has 1 saturated heterocycles. The normalized spacial score (nSPS) is 19.2. The first-order valence-corrected chi connectivity index (χ1v) is 7.40. The van der Waals surface area contributed by atoms with Crippen LogP contribution in [0, 0.1) is 6.92 Å². The van der Waals surface area contributed by atoms with Crippen LogP contribution >= 0.6 is 0 Å². The summed E-state index contributed by atoms with van der Waals surface area (Å²) >= 11 is 0. The molecule has 0 spiro atoms. The van der Waals surface area contributed by atoms with Crippen molar-refractivity contribution in [2.75, 3.05) is 25.0 Å². The van der Waals surface area contributed by atoms with Crippen LogP contribution in [0.3, 0.4) is 0 Å². The molecule has 1 aromatic rings. The molecule has 4 nitrogen and oxygen atoms in total. The molecule has 1 aromatic carbocycles. The number of carbonyl (C=O) groups excluding carboxylic acids is 1. The van der Waals surface area contributed by atoms with Gasteiger partial charge in [0.1, 0.15) is 0 Å². The van der Waals surface area contributed by atoms with Crippen molar-refractivity contribution in [1.29, 1.82) is 0 Å². The minimum Gasteiger partial charge on any atom is -0.395 e. The second-order valence-corrected chi connectivity index (χ2v) is 5.54. The number of benzene rings is 1. The maximum absolute atomic E-state index is 11.9. The van der Waals surface area contributed by atoms with Crippen molar-refractivity contribution in [2.45, 2.75) is 38.6 Å². The van der Waals surface area contributed by atoms with E-state index in [0.717, 1.165) is 43.6 Å². The molecule has 0 aromatic heterocycles. The van der Waals surface area contributed by atoms with E-state index in [4.69, 9.17) is 0 Å². The molecular weight excluding hydrogens is 252 g/mol. The summed E-state index contributed by atoms with van der Waals surface area (Å²) in [5, 5.41) is 12.2. The monoisotopic (exact) mass is 276 g/mol. The standard InChI is InChI=1S/C16H24N2O2/c1-13-5-2-6-14(11-13)17-16(20)8-4-10-18-9-3-7-15(18)12-19/h2,5-6,11,15,19H,3-4,7-10,12H2,1H3,(H,17,20)/t15-/m1/s1. The first-order chi connectivity index (χ1) is 9.69. The molecule has 20 heavy (non-hydrogen) atoms. The number of nitrogens with zero attached hydrogens (tertiary/aromatic N) is 1. The second-order valence-electron chi connectivity index (χ2n) is 5.54. The summed E-state index contributed by atoms with van der Waals surface area (Å²) in [6.45, 7) is 4.19. The molecule has 0 bridgehead atoms. The minimum absolute atomic E-state index is 0.0651. The molecule has 0 radical (unpaired) electrons. The number of hydrogen-bond donors (Lipinski definition) is 2. The van der Waals surface area contributed by atoms with Gasteiger partial charge >= 0.3 is 0 Å².